The van der Waals surface area contributed by atoms with Crippen LogP contribution in [-0.4, -0.2) is 48.1 Å². The van der Waals surface area contributed by atoms with Crippen LogP contribution in [0.1, 0.15) is 62.9 Å². The molecular weight excluding hydrogens is 574 g/mol. The summed E-state index contributed by atoms with van der Waals surface area (Å²) in [6.07, 6.45) is 1.50. The monoisotopic (exact) mass is 613 g/mol. The second-order valence-corrected chi connectivity index (χ2v) is 12.6. The first kappa shape index (κ1) is 32.0. The van der Waals surface area contributed by atoms with Gasteiger partial charge in [0.05, 0.1) is 32.3 Å². The molecule has 1 aliphatic rings. The molecule has 3 aromatic carbocycles. The van der Waals surface area contributed by atoms with E-state index in [4.69, 9.17) is 28.4 Å². The van der Waals surface area contributed by atoms with Gasteiger partial charge in [-0.25, -0.2) is 13.2 Å². The van der Waals surface area contributed by atoms with Gasteiger partial charge in [0.1, 0.15) is 11.3 Å². The molecular formula is C32H39NO9S. The number of hydrogen-bond donors (Lipinski definition) is 1. The Hall–Kier alpha value is -3.96. The fourth-order valence-electron chi connectivity index (χ4n) is 4.54. The number of para-hydroxylation sites is 2. The SMILES string of the molecule is CCOc1cc(C(=O)OC)c(OC2CCCCO2)c(NS(=O)(=O)c2ccc(C(C)(C)C)cc2)c1Oc1ccccc1OC. The Morgan fingerprint density at radius 1 is 0.977 bits per heavy atom. The van der Waals surface area contributed by atoms with Gasteiger partial charge in [0.25, 0.3) is 10.0 Å². The number of benzene rings is 3. The highest BCUT2D eigenvalue weighted by Gasteiger charge is 2.32. The van der Waals surface area contributed by atoms with Crippen molar-refractivity contribution in [2.45, 2.75) is 63.6 Å². The van der Waals surface area contributed by atoms with E-state index in [1.165, 1.54) is 32.4 Å². The summed E-state index contributed by atoms with van der Waals surface area (Å²) in [6, 6.07) is 14.9. The fraction of sp³-hybridized carbons (Fsp3) is 0.406. The highest BCUT2D eigenvalue weighted by Crippen LogP contribution is 2.50. The zero-order valence-corrected chi connectivity index (χ0v) is 26.2. The maximum absolute atomic E-state index is 13.9. The van der Waals surface area contributed by atoms with Gasteiger partial charge in [-0.05, 0) is 55.0 Å². The van der Waals surface area contributed by atoms with Gasteiger partial charge in [-0.2, -0.15) is 0 Å². The zero-order valence-electron chi connectivity index (χ0n) is 25.4. The lowest BCUT2D eigenvalue weighted by Gasteiger charge is -2.27. The lowest BCUT2D eigenvalue weighted by molar-refractivity contribution is -0.105. The number of esters is 1. The molecule has 3 aromatic rings. The summed E-state index contributed by atoms with van der Waals surface area (Å²) >= 11 is 0. The topological polar surface area (TPSA) is 119 Å². The summed E-state index contributed by atoms with van der Waals surface area (Å²) in [5.74, 6) is -0.128. The maximum atomic E-state index is 13.9. The molecule has 10 nitrogen and oxygen atoms in total. The molecule has 0 aromatic heterocycles. The molecule has 0 bridgehead atoms. The Morgan fingerprint density at radius 2 is 1.67 bits per heavy atom. The third-order valence-electron chi connectivity index (χ3n) is 6.84. The van der Waals surface area contributed by atoms with Crippen LogP contribution in [0.4, 0.5) is 5.69 Å². The first-order chi connectivity index (χ1) is 20.5. The molecule has 0 aliphatic carbocycles. The highest BCUT2D eigenvalue weighted by molar-refractivity contribution is 7.92. The van der Waals surface area contributed by atoms with Crippen LogP contribution >= 0.6 is 0 Å². The van der Waals surface area contributed by atoms with E-state index in [0.717, 1.165) is 18.4 Å². The number of anilines is 1. The lowest BCUT2D eigenvalue weighted by atomic mass is 9.87. The Balaban J connectivity index is 1.95. The lowest BCUT2D eigenvalue weighted by Crippen LogP contribution is -2.27. The van der Waals surface area contributed by atoms with Crippen molar-refractivity contribution in [1.82, 2.24) is 0 Å². The van der Waals surface area contributed by atoms with E-state index < -0.39 is 22.3 Å². The molecule has 4 rings (SSSR count). The average molecular weight is 614 g/mol. The van der Waals surface area contributed by atoms with Crippen molar-refractivity contribution in [2.24, 2.45) is 0 Å². The Kier molecular flexibility index (Phi) is 10.1. The van der Waals surface area contributed by atoms with E-state index in [1.54, 1.807) is 43.3 Å². The molecule has 43 heavy (non-hydrogen) atoms. The van der Waals surface area contributed by atoms with Crippen LogP contribution in [0.3, 0.4) is 0 Å². The number of hydrogen-bond acceptors (Lipinski definition) is 9. The normalized spacial score (nSPS) is 15.3. The van der Waals surface area contributed by atoms with Gasteiger partial charge in [-0.1, -0.05) is 45.0 Å². The Morgan fingerprint density at radius 3 is 2.26 bits per heavy atom. The largest absolute Gasteiger partial charge is 0.493 e. The Labute approximate surface area is 253 Å². The summed E-state index contributed by atoms with van der Waals surface area (Å²) in [6.45, 7) is 8.53. The van der Waals surface area contributed by atoms with Crippen molar-refractivity contribution in [3.8, 4) is 28.7 Å². The second kappa shape index (κ2) is 13.6. The standard InChI is InChI=1S/C32H39NO9S/c1-7-39-26-20-23(31(34)38-6)29(42-27-14-10-11-19-40-27)28(30(26)41-25-13-9-8-12-24(25)37-5)33-43(35,36)22-17-15-21(16-18-22)32(2,3)4/h8-9,12-13,15-18,20,27,33H,7,10-11,14,19H2,1-6H3. The molecule has 1 aliphatic heterocycles. The van der Waals surface area contributed by atoms with Crippen molar-refractivity contribution in [2.75, 3.05) is 32.2 Å². The molecule has 1 N–H and O–H groups in total. The number of nitrogens with one attached hydrogen (secondary N) is 1. The van der Waals surface area contributed by atoms with E-state index in [9.17, 15) is 13.2 Å². The smallest absolute Gasteiger partial charge is 0.341 e. The molecule has 0 saturated carbocycles. The van der Waals surface area contributed by atoms with Crippen molar-refractivity contribution in [3.63, 3.8) is 0 Å². The molecule has 1 atom stereocenters. The molecule has 232 valence electrons. The summed E-state index contributed by atoms with van der Waals surface area (Å²) in [5.41, 5.74) is 0.587. The molecule has 0 amide bonds. The van der Waals surface area contributed by atoms with Crippen molar-refractivity contribution in [3.05, 3.63) is 65.7 Å². The number of carbonyl (C=O) groups is 1. The van der Waals surface area contributed by atoms with Crippen LogP contribution in [-0.2, 0) is 24.9 Å². The fourth-order valence-corrected chi connectivity index (χ4v) is 5.61. The van der Waals surface area contributed by atoms with Crippen LogP contribution in [0, 0.1) is 0 Å². The summed E-state index contributed by atoms with van der Waals surface area (Å²) < 4.78 is 65.2. The van der Waals surface area contributed by atoms with E-state index in [2.05, 4.69) is 4.72 Å². The second-order valence-electron chi connectivity index (χ2n) is 10.9. The molecule has 11 heteroatoms. The minimum Gasteiger partial charge on any atom is -0.493 e. The first-order valence-electron chi connectivity index (χ1n) is 14.1. The zero-order chi connectivity index (χ0) is 31.2. The average Bonchev–Trinajstić information content (AvgIpc) is 2.99. The van der Waals surface area contributed by atoms with Gasteiger partial charge < -0.3 is 28.4 Å². The van der Waals surface area contributed by atoms with Gasteiger partial charge in [0.15, 0.2) is 35.0 Å². The van der Waals surface area contributed by atoms with E-state index in [0.29, 0.717) is 18.8 Å². The molecule has 1 unspecified atom stereocenters. The van der Waals surface area contributed by atoms with Gasteiger partial charge in [-0.15, -0.1) is 0 Å². The van der Waals surface area contributed by atoms with Gasteiger partial charge >= 0.3 is 5.97 Å². The van der Waals surface area contributed by atoms with Crippen LogP contribution in [0.2, 0.25) is 0 Å². The van der Waals surface area contributed by atoms with Crippen molar-refractivity contribution >= 4 is 21.7 Å². The first-order valence-corrected chi connectivity index (χ1v) is 15.6. The minimum atomic E-state index is -4.24. The highest BCUT2D eigenvalue weighted by atomic mass is 32.2. The van der Waals surface area contributed by atoms with Crippen molar-refractivity contribution in [1.29, 1.82) is 0 Å². The van der Waals surface area contributed by atoms with Gasteiger partial charge in [0, 0.05) is 12.5 Å². The Bertz CT molecular complexity index is 1520. The third kappa shape index (κ3) is 7.52. The van der Waals surface area contributed by atoms with Gasteiger partial charge in [0.2, 0.25) is 0 Å². The number of sulfonamides is 1. The number of methoxy groups -OCH3 is 2. The third-order valence-corrected chi connectivity index (χ3v) is 8.20. The predicted molar refractivity (Wildman–Crippen MR) is 162 cm³/mol. The number of ether oxygens (including phenoxy) is 6. The number of rotatable bonds is 11. The van der Waals surface area contributed by atoms with Gasteiger partial charge in [-0.3, -0.25) is 4.72 Å². The van der Waals surface area contributed by atoms with E-state index >= 15 is 0 Å². The maximum Gasteiger partial charge on any atom is 0.341 e. The van der Waals surface area contributed by atoms with E-state index in [-0.39, 0.29) is 51.2 Å². The summed E-state index contributed by atoms with van der Waals surface area (Å²) in [5, 5.41) is 0. The summed E-state index contributed by atoms with van der Waals surface area (Å²) in [4.78, 5) is 13.1. The summed E-state index contributed by atoms with van der Waals surface area (Å²) in [7, 11) is -1.52. The molecule has 1 saturated heterocycles. The van der Waals surface area contributed by atoms with E-state index in [1.807, 2.05) is 20.8 Å². The van der Waals surface area contributed by atoms with Crippen LogP contribution in [0.15, 0.2) is 59.5 Å². The molecule has 0 radical (unpaired) electrons. The molecule has 1 fully saturated rings. The quantitative estimate of drug-likeness (QED) is 0.236. The van der Waals surface area contributed by atoms with Crippen LogP contribution < -0.4 is 23.7 Å². The van der Waals surface area contributed by atoms with Crippen LogP contribution in [0.5, 0.6) is 28.7 Å². The predicted octanol–water partition coefficient (Wildman–Crippen LogP) is 6.68. The number of carbonyl (C=O) groups excluding carboxylic acids is 1. The molecule has 0 spiro atoms. The van der Waals surface area contributed by atoms with Crippen molar-refractivity contribution < 1.29 is 41.6 Å². The van der Waals surface area contributed by atoms with Crippen LogP contribution in [0.25, 0.3) is 0 Å². The minimum absolute atomic E-state index is 0.00467. The molecule has 1 heterocycles.